The lowest BCUT2D eigenvalue weighted by Crippen LogP contribution is -2.32. The van der Waals surface area contributed by atoms with E-state index in [-0.39, 0.29) is 18.2 Å². The number of aliphatic hydroxyl groups is 1. The molecule has 0 spiro atoms. The average molecular weight is 320 g/mol. The molecule has 128 valence electrons. The predicted octanol–water partition coefficient (Wildman–Crippen LogP) is 3.20. The number of carbonyl (C=O) groups excluding carboxylic acids is 1. The summed E-state index contributed by atoms with van der Waals surface area (Å²) >= 11 is 0. The fraction of sp³-hybridized carbons (Fsp3) is 0.611. The highest BCUT2D eigenvalue weighted by atomic mass is 16.5. The SMILES string of the molecule is Cc1c(COC(C)C)cccc1NC(=O)NC[C@@H]1CC[C@H](O)C1. The van der Waals surface area contributed by atoms with E-state index in [1.165, 1.54) is 0 Å². The number of benzene rings is 1. The first-order valence-corrected chi connectivity index (χ1v) is 8.38. The lowest BCUT2D eigenvalue weighted by Gasteiger charge is -2.15. The second kappa shape index (κ2) is 8.31. The van der Waals surface area contributed by atoms with Gasteiger partial charge in [-0.2, -0.15) is 0 Å². The van der Waals surface area contributed by atoms with E-state index in [0.717, 1.165) is 36.1 Å². The van der Waals surface area contributed by atoms with Crippen molar-refractivity contribution < 1.29 is 14.6 Å². The molecule has 3 N–H and O–H groups in total. The lowest BCUT2D eigenvalue weighted by atomic mass is 10.1. The third kappa shape index (κ3) is 5.52. The van der Waals surface area contributed by atoms with Crippen molar-refractivity contribution in [2.24, 2.45) is 5.92 Å². The largest absolute Gasteiger partial charge is 0.393 e. The summed E-state index contributed by atoms with van der Waals surface area (Å²) in [6, 6.07) is 5.64. The maximum absolute atomic E-state index is 12.1. The summed E-state index contributed by atoms with van der Waals surface area (Å²) in [5.74, 6) is 0.377. The Morgan fingerprint density at radius 2 is 2.17 bits per heavy atom. The molecule has 2 atom stereocenters. The summed E-state index contributed by atoms with van der Waals surface area (Å²) in [7, 11) is 0. The summed E-state index contributed by atoms with van der Waals surface area (Å²) in [4.78, 5) is 12.1. The van der Waals surface area contributed by atoms with Gasteiger partial charge < -0.3 is 20.5 Å². The zero-order chi connectivity index (χ0) is 16.8. The van der Waals surface area contributed by atoms with Gasteiger partial charge in [-0.25, -0.2) is 4.79 Å². The summed E-state index contributed by atoms with van der Waals surface area (Å²) in [6.45, 7) is 7.15. The fourth-order valence-corrected chi connectivity index (χ4v) is 2.87. The Labute approximate surface area is 138 Å². The first-order chi connectivity index (χ1) is 11.0. The zero-order valence-corrected chi connectivity index (χ0v) is 14.3. The van der Waals surface area contributed by atoms with Gasteiger partial charge in [-0.15, -0.1) is 0 Å². The topological polar surface area (TPSA) is 70.6 Å². The van der Waals surface area contributed by atoms with Crippen molar-refractivity contribution in [3.05, 3.63) is 29.3 Å². The molecule has 1 aromatic carbocycles. The van der Waals surface area contributed by atoms with Gasteiger partial charge in [-0.1, -0.05) is 12.1 Å². The van der Waals surface area contributed by atoms with E-state index in [1.807, 2.05) is 39.0 Å². The number of urea groups is 1. The quantitative estimate of drug-likeness (QED) is 0.754. The van der Waals surface area contributed by atoms with Crippen molar-refractivity contribution in [2.75, 3.05) is 11.9 Å². The molecule has 1 aromatic rings. The number of carbonyl (C=O) groups is 1. The molecule has 0 bridgehead atoms. The maximum Gasteiger partial charge on any atom is 0.319 e. The molecule has 1 aliphatic carbocycles. The molecule has 5 nitrogen and oxygen atoms in total. The number of anilines is 1. The van der Waals surface area contributed by atoms with Gasteiger partial charge in [0.25, 0.3) is 0 Å². The number of amides is 2. The van der Waals surface area contributed by atoms with Crippen LogP contribution in [0, 0.1) is 12.8 Å². The van der Waals surface area contributed by atoms with E-state index in [0.29, 0.717) is 19.1 Å². The average Bonchev–Trinajstić information content (AvgIpc) is 2.91. The third-order valence-electron chi connectivity index (χ3n) is 4.33. The van der Waals surface area contributed by atoms with Crippen LogP contribution in [0.2, 0.25) is 0 Å². The zero-order valence-electron chi connectivity index (χ0n) is 14.3. The van der Waals surface area contributed by atoms with Gasteiger partial charge in [-0.05, 0) is 63.1 Å². The highest BCUT2D eigenvalue weighted by Gasteiger charge is 2.23. The summed E-state index contributed by atoms with van der Waals surface area (Å²) in [6.07, 6.45) is 2.57. The van der Waals surface area contributed by atoms with Gasteiger partial charge in [0.1, 0.15) is 0 Å². The normalized spacial score (nSPS) is 20.7. The summed E-state index contributed by atoms with van der Waals surface area (Å²) in [5.41, 5.74) is 2.91. The molecule has 1 saturated carbocycles. The highest BCUT2D eigenvalue weighted by molar-refractivity contribution is 5.90. The molecular weight excluding hydrogens is 292 g/mol. The number of ether oxygens (including phenoxy) is 1. The summed E-state index contributed by atoms with van der Waals surface area (Å²) in [5, 5.41) is 15.3. The molecule has 0 radical (unpaired) electrons. The van der Waals surface area contributed by atoms with Gasteiger partial charge in [-0.3, -0.25) is 0 Å². The Bertz CT molecular complexity index is 531. The second-order valence-electron chi connectivity index (χ2n) is 6.62. The molecule has 0 heterocycles. The van der Waals surface area contributed by atoms with Crippen LogP contribution >= 0.6 is 0 Å². The number of rotatable bonds is 6. The monoisotopic (exact) mass is 320 g/mol. The van der Waals surface area contributed by atoms with Crippen molar-refractivity contribution in [3.63, 3.8) is 0 Å². The van der Waals surface area contributed by atoms with Crippen LogP contribution in [-0.2, 0) is 11.3 Å². The molecule has 2 amide bonds. The van der Waals surface area contributed by atoms with E-state index in [4.69, 9.17) is 4.74 Å². The number of aliphatic hydroxyl groups excluding tert-OH is 1. The minimum absolute atomic E-state index is 0.177. The van der Waals surface area contributed by atoms with E-state index in [2.05, 4.69) is 10.6 Å². The molecule has 0 unspecified atom stereocenters. The predicted molar refractivity (Wildman–Crippen MR) is 91.5 cm³/mol. The van der Waals surface area contributed by atoms with Crippen molar-refractivity contribution >= 4 is 11.7 Å². The highest BCUT2D eigenvalue weighted by Crippen LogP contribution is 2.24. The Hall–Kier alpha value is -1.59. The molecule has 23 heavy (non-hydrogen) atoms. The van der Waals surface area contributed by atoms with Gasteiger partial charge in [0.15, 0.2) is 0 Å². The third-order valence-corrected chi connectivity index (χ3v) is 4.33. The molecule has 5 heteroatoms. The first kappa shape index (κ1) is 17.8. The Kier molecular flexibility index (Phi) is 6.42. The maximum atomic E-state index is 12.1. The molecule has 0 aromatic heterocycles. The molecular formula is C18H28N2O3. The second-order valence-corrected chi connectivity index (χ2v) is 6.62. The fourth-order valence-electron chi connectivity index (χ4n) is 2.87. The van der Waals surface area contributed by atoms with E-state index < -0.39 is 0 Å². The van der Waals surface area contributed by atoms with E-state index in [1.54, 1.807) is 0 Å². The minimum atomic E-state index is -0.204. The van der Waals surface area contributed by atoms with Crippen LogP contribution in [0.1, 0.15) is 44.2 Å². The first-order valence-electron chi connectivity index (χ1n) is 8.38. The molecule has 1 aliphatic rings. The van der Waals surface area contributed by atoms with Crippen LogP contribution in [0.15, 0.2) is 18.2 Å². The van der Waals surface area contributed by atoms with Crippen LogP contribution < -0.4 is 10.6 Å². The van der Waals surface area contributed by atoms with Crippen molar-refractivity contribution in [2.45, 2.75) is 58.8 Å². The number of hydrogen-bond acceptors (Lipinski definition) is 3. The van der Waals surface area contributed by atoms with Gasteiger partial charge >= 0.3 is 6.03 Å². The van der Waals surface area contributed by atoms with E-state index >= 15 is 0 Å². The Morgan fingerprint density at radius 3 is 2.83 bits per heavy atom. The number of nitrogens with one attached hydrogen (secondary N) is 2. The molecule has 1 fully saturated rings. The van der Waals surface area contributed by atoms with Crippen LogP contribution in [0.4, 0.5) is 10.5 Å². The molecule has 2 rings (SSSR count). The van der Waals surface area contributed by atoms with Gasteiger partial charge in [0.2, 0.25) is 0 Å². The van der Waals surface area contributed by atoms with Gasteiger partial charge in [0, 0.05) is 12.2 Å². The van der Waals surface area contributed by atoms with Crippen molar-refractivity contribution in [1.82, 2.24) is 5.32 Å². The molecule has 0 saturated heterocycles. The minimum Gasteiger partial charge on any atom is -0.393 e. The van der Waals surface area contributed by atoms with Crippen LogP contribution in [0.3, 0.4) is 0 Å². The molecule has 0 aliphatic heterocycles. The lowest BCUT2D eigenvalue weighted by molar-refractivity contribution is 0.0654. The van der Waals surface area contributed by atoms with Crippen molar-refractivity contribution in [1.29, 1.82) is 0 Å². The Morgan fingerprint density at radius 1 is 1.39 bits per heavy atom. The van der Waals surface area contributed by atoms with Crippen molar-refractivity contribution in [3.8, 4) is 0 Å². The van der Waals surface area contributed by atoms with Crippen LogP contribution in [0.25, 0.3) is 0 Å². The van der Waals surface area contributed by atoms with Crippen LogP contribution in [0.5, 0.6) is 0 Å². The van der Waals surface area contributed by atoms with Gasteiger partial charge in [0.05, 0.1) is 18.8 Å². The number of hydrogen-bond donors (Lipinski definition) is 3. The Balaban J connectivity index is 1.86. The smallest absolute Gasteiger partial charge is 0.319 e. The standard InChI is InChI=1S/C18H28N2O3/c1-12(2)23-11-15-5-4-6-17(13(15)3)20-18(22)19-10-14-7-8-16(21)9-14/h4-6,12,14,16,21H,7-11H2,1-3H3,(H2,19,20,22)/t14-,16+/m1/s1. The van der Waals surface area contributed by atoms with Crippen LogP contribution in [-0.4, -0.2) is 29.9 Å². The summed E-state index contributed by atoms with van der Waals surface area (Å²) < 4.78 is 5.64. The van der Waals surface area contributed by atoms with E-state index in [9.17, 15) is 9.90 Å².